The second-order valence-electron chi connectivity index (χ2n) is 10.2. The summed E-state index contributed by atoms with van der Waals surface area (Å²) in [4.78, 5) is 31.4. The molecule has 1 unspecified atom stereocenters. The standard InChI is InChI=1S/C31H39N3O2/c1-24-23-29(35)30(28(34(24)22-21-32(2)3)17-16-25-11-6-4-7-12-25)31(36)33-19-10-15-27(18-20-33)26-13-8-5-9-14-26/h4-9,11-14,23,27H,10,15-22H2,1-3H3. The molecule has 1 amide bonds. The molecule has 5 nitrogen and oxygen atoms in total. The van der Waals surface area contributed by atoms with E-state index in [1.54, 1.807) is 6.07 Å². The lowest BCUT2D eigenvalue weighted by Crippen LogP contribution is -2.38. The normalized spacial score (nSPS) is 16.2. The molecule has 1 aliphatic heterocycles. The van der Waals surface area contributed by atoms with Crippen molar-refractivity contribution in [2.45, 2.75) is 51.5 Å². The SMILES string of the molecule is Cc1cc(=O)c(C(=O)N2CCCC(c3ccccc3)CC2)c(CCc2ccccc2)n1CCN(C)C. The molecular formula is C31H39N3O2. The average Bonchev–Trinajstić information content (AvgIpc) is 3.14. The summed E-state index contributed by atoms with van der Waals surface area (Å²) >= 11 is 0. The first kappa shape index (κ1) is 25.9. The molecule has 3 aromatic rings. The first-order valence-corrected chi connectivity index (χ1v) is 13.2. The zero-order valence-electron chi connectivity index (χ0n) is 22.0. The molecule has 0 bridgehead atoms. The van der Waals surface area contributed by atoms with Crippen LogP contribution in [0.15, 0.2) is 71.5 Å². The summed E-state index contributed by atoms with van der Waals surface area (Å²) in [5, 5.41) is 0. The monoisotopic (exact) mass is 485 g/mol. The number of carbonyl (C=O) groups is 1. The second kappa shape index (κ2) is 12.2. The highest BCUT2D eigenvalue weighted by molar-refractivity contribution is 5.95. The minimum Gasteiger partial charge on any atom is -0.347 e. The van der Waals surface area contributed by atoms with Crippen LogP contribution in [-0.4, -0.2) is 54.0 Å². The topological polar surface area (TPSA) is 45.6 Å². The van der Waals surface area contributed by atoms with Crippen LogP contribution in [0.1, 0.15) is 58.1 Å². The van der Waals surface area contributed by atoms with E-state index in [4.69, 9.17) is 0 Å². The Morgan fingerprint density at radius 3 is 2.33 bits per heavy atom. The van der Waals surface area contributed by atoms with Crippen LogP contribution in [0.4, 0.5) is 0 Å². The van der Waals surface area contributed by atoms with E-state index in [2.05, 4.69) is 45.9 Å². The van der Waals surface area contributed by atoms with E-state index >= 15 is 0 Å². The van der Waals surface area contributed by atoms with Gasteiger partial charge < -0.3 is 14.4 Å². The first-order valence-electron chi connectivity index (χ1n) is 13.2. The predicted molar refractivity (Wildman–Crippen MR) is 147 cm³/mol. The predicted octanol–water partition coefficient (Wildman–Crippen LogP) is 4.91. The van der Waals surface area contributed by atoms with Gasteiger partial charge in [-0.05, 0) is 70.2 Å². The number of hydrogen-bond donors (Lipinski definition) is 0. The number of benzene rings is 2. The van der Waals surface area contributed by atoms with Crippen LogP contribution in [0.2, 0.25) is 0 Å². The molecule has 2 aromatic carbocycles. The molecule has 1 atom stereocenters. The number of carbonyl (C=O) groups excluding carboxylic acids is 1. The Morgan fingerprint density at radius 2 is 1.64 bits per heavy atom. The molecule has 0 spiro atoms. The van der Waals surface area contributed by atoms with E-state index in [1.807, 2.05) is 50.2 Å². The highest BCUT2D eigenvalue weighted by atomic mass is 16.2. The van der Waals surface area contributed by atoms with E-state index in [-0.39, 0.29) is 11.3 Å². The highest BCUT2D eigenvalue weighted by Crippen LogP contribution is 2.28. The van der Waals surface area contributed by atoms with Crippen molar-refractivity contribution in [3.05, 3.63) is 105 Å². The Hall–Kier alpha value is -3.18. The van der Waals surface area contributed by atoms with Crippen LogP contribution in [0.5, 0.6) is 0 Å². The van der Waals surface area contributed by atoms with Gasteiger partial charge in [0, 0.05) is 43.6 Å². The van der Waals surface area contributed by atoms with Crippen LogP contribution < -0.4 is 5.43 Å². The molecular weight excluding hydrogens is 446 g/mol. The van der Waals surface area contributed by atoms with Gasteiger partial charge >= 0.3 is 0 Å². The quantitative estimate of drug-likeness (QED) is 0.455. The Kier molecular flexibility index (Phi) is 8.76. The molecule has 5 heteroatoms. The zero-order chi connectivity index (χ0) is 25.5. The van der Waals surface area contributed by atoms with E-state index in [9.17, 15) is 9.59 Å². The average molecular weight is 486 g/mol. The van der Waals surface area contributed by atoms with Crippen molar-refractivity contribution in [1.82, 2.24) is 14.4 Å². The largest absolute Gasteiger partial charge is 0.347 e. The third-order valence-electron chi connectivity index (χ3n) is 7.39. The lowest BCUT2D eigenvalue weighted by Gasteiger charge is -2.25. The molecule has 0 saturated carbocycles. The molecule has 0 aliphatic carbocycles. The fourth-order valence-electron chi connectivity index (χ4n) is 5.35. The molecule has 1 aliphatic rings. The van der Waals surface area contributed by atoms with Crippen molar-refractivity contribution < 1.29 is 4.79 Å². The summed E-state index contributed by atoms with van der Waals surface area (Å²) in [6.45, 7) is 4.96. The molecule has 190 valence electrons. The Balaban J connectivity index is 1.63. The lowest BCUT2D eigenvalue weighted by atomic mass is 9.92. The summed E-state index contributed by atoms with van der Waals surface area (Å²) < 4.78 is 2.20. The van der Waals surface area contributed by atoms with E-state index in [0.717, 1.165) is 50.2 Å². The number of aryl methyl sites for hydroxylation is 2. The van der Waals surface area contributed by atoms with E-state index in [0.29, 0.717) is 31.0 Å². The van der Waals surface area contributed by atoms with E-state index in [1.165, 1.54) is 11.1 Å². The second-order valence-corrected chi connectivity index (χ2v) is 10.2. The smallest absolute Gasteiger partial charge is 0.259 e. The molecule has 1 aromatic heterocycles. The molecule has 0 radical (unpaired) electrons. The summed E-state index contributed by atoms with van der Waals surface area (Å²) in [7, 11) is 4.10. The van der Waals surface area contributed by atoms with Gasteiger partial charge in [0.25, 0.3) is 5.91 Å². The lowest BCUT2D eigenvalue weighted by molar-refractivity contribution is 0.0757. The zero-order valence-corrected chi connectivity index (χ0v) is 22.0. The molecule has 0 N–H and O–H groups in total. The van der Waals surface area contributed by atoms with Crippen LogP contribution in [0.3, 0.4) is 0 Å². The van der Waals surface area contributed by atoms with Gasteiger partial charge in [0.15, 0.2) is 5.43 Å². The number of aromatic nitrogens is 1. The van der Waals surface area contributed by atoms with Gasteiger partial charge in [-0.25, -0.2) is 0 Å². The number of pyridine rings is 1. The van der Waals surface area contributed by atoms with Crippen LogP contribution in [-0.2, 0) is 19.4 Å². The number of likely N-dealkylation sites (N-methyl/N-ethyl adjacent to an activating group) is 1. The Bertz CT molecular complexity index is 1200. The van der Waals surface area contributed by atoms with E-state index < -0.39 is 0 Å². The molecule has 1 fully saturated rings. The third-order valence-corrected chi connectivity index (χ3v) is 7.39. The van der Waals surface area contributed by atoms with Gasteiger partial charge in [0.1, 0.15) is 5.56 Å². The van der Waals surface area contributed by atoms with Gasteiger partial charge in [-0.15, -0.1) is 0 Å². The highest BCUT2D eigenvalue weighted by Gasteiger charge is 2.27. The first-order chi connectivity index (χ1) is 17.4. The fraction of sp³-hybridized carbons (Fsp3) is 0.419. The number of rotatable bonds is 8. The minimum absolute atomic E-state index is 0.102. The van der Waals surface area contributed by atoms with Gasteiger partial charge in [0.05, 0.1) is 0 Å². The summed E-state index contributed by atoms with van der Waals surface area (Å²) in [5.41, 5.74) is 4.57. The van der Waals surface area contributed by atoms with Crippen LogP contribution >= 0.6 is 0 Å². The maximum atomic E-state index is 14.0. The fourth-order valence-corrected chi connectivity index (χ4v) is 5.35. The van der Waals surface area contributed by atoms with Crippen molar-refractivity contribution in [1.29, 1.82) is 0 Å². The van der Waals surface area contributed by atoms with Crippen LogP contribution in [0, 0.1) is 6.92 Å². The molecule has 2 heterocycles. The Labute approximate surface area is 215 Å². The van der Waals surface area contributed by atoms with Gasteiger partial charge in [-0.3, -0.25) is 9.59 Å². The number of hydrogen-bond acceptors (Lipinski definition) is 3. The van der Waals surface area contributed by atoms with Crippen LogP contribution in [0.25, 0.3) is 0 Å². The van der Waals surface area contributed by atoms with Crippen molar-refractivity contribution >= 4 is 5.91 Å². The van der Waals surface area contributed by atoms with Gasteiger partial charge in [-0.1, -0.05) is 60.7 Å². The van der Waals surface area contributed by atoms with Crippen molar-refractivity contribution in [3.63, 3.8) is 0 Å². The van der Waals surface area contributed by atoms with Crippen molar-refractivity contribution in [3.8, 4) is 0 Å². The molecule has 36 heavy (non-hydrogen) atoms. The molecule has 1 saturated heterocycles. The maximum Gasteiger partial charge on any atom is 0.259 e. The van der Waals surface area contributed by atoms with Crippen molar-refractivity contribution in [2.75, 3.05) is 33.7 Å². The Morgan fingerprint density at radius 1 is 0.944 bits per heavy atom. The molecule has 4 rings (SSSR count). The van der Waals surface area contributed by atoms with Gasteiger partial charge in [-0.2, -0.15) is 0 Å². The van der Waals surface area contributed by atoms with Crippen molar-refractivity contribution in [2.24, 2.45) is 0 Å². The number of nitrogens with zero attached hydrogens (tertiary/aromatic N) is 3. The number of likely N-dealkylation sites (tertiary alicyclic amines) is 1. The summed E-state index contributed by atoms with van der Waals surface area (Å²) in [6, 6.07) is 22.6. The third kappa shape index (κ3) is 6.33. The number of amides is 1. The van der Waals surface area contributed by atoms with Gasteiger partial charge in [0.2, 0.25) is 0 Å². The summed E-state index contributed by atoms with van der Waals surface area (Å²) in [6.07, 6.45) is 4.40. The maximum absolute atomic E-state index is 14.0. The summed E-state index contributed by atoms with van der Waals surface area (Å²) in [5.74, 6) is 0.353. The minimum atomic E-state index is -0.148.